The van der Waals surface area contributed by atoms with E-state index in [2.05, 4.69) is 10.1 Å². The molecule has 0 radical (unpaired) electrons. The van der Waals surface area contributed by atoms with Gasteiger partial charge in [-0.05, 0) is 46.2 Å². The van der Waals surface area contributed by atoms with Crippen LogP contribution in [-0.2, 0) is 6.42 Å². The van der Waals surface area contributed by atoms with Crippen molar-refractivity contribution in [2.75, 3.05) is 19.6 Å². The average molecular weight is 208 g/mol. The molecular formula is C12H20N2O. The number of piperidine rings is 1. The molecule has 3 heteroatoms. The van der Waals surface area contributed by atoms with Gasteiger partial charge in [0, 0.05) is 12.1 Å². The van der Waals surface area contributed by atoms with Crippen molar-refractivity contribution < 1.29 is 4.52 Å². The molecule has 1 aliphatic heterocycles. The van der Waals surface area contributed by atoms with Crippen molar-refractivity contribution >= 4 is 0 Å². The lowest BCUT2D eigenvalue weighted by Gasteiger charge is -2.26. The average Bonchev–Trinajstić information content (AvgIpc) is 2.58. The molecule has 2 rings (SSSR count). The van der Waals surface area contributed by atoms with Gasteiger partial charge < -0.3 is 9.42 Å². The van der Waals surface area contributed by atoms with Gasteiger partial charge in [0.1, 0.15) is 5.76 Å². The highest BCUT2D eigenvalue weighted by atomic mass is 16.5. The Labute approximate surface area is 91.4 Å². The summed E-state index contributed by atoms with van der Waals surface area (Å²) < 4.78 is 5.17. The Morgan fingerprint density at radius 1 is 1.20 bits per heavy atom. The van der Waals surface area contributed by atoms with Crippen LogP contribution in [0.4, 0.5) is 0 Å². The van der Waals surface area contributed by atoms with Crippen LogP contribution in [-0.4, -0.2) is 29.7 Å². The molecule has 1 aliphatic rings. The van der Waals surface area contributed by atoms with Crippen LogP contribution in [0.2, 0.25) is 0 Å². The first-order valence-corrected chi connectivity index (χ1v) is 5.91. The van der Waals surface area contributed by atoms with E-state index in [-0.39, 0.29) is 0 Å². The first-order valence-electron chi connectivity index (χ1n) is 5.91. The maximum atomic E-state index is 5.17. The van der Waals surface area contributed by atoms with E-state index < -0.39 is 0 Å². The minimum Gasteiger partial charge on any atom is -0.361 e. The zero-order chi connectivity index (χ0) is 10.7. The normalized spacial score (nSPS) is 18.3. The molecular weight excluding hydrogens is 188 g/mol. The number of hydrogen-bond acceptors (Lipinski definition) is 3. The van der Waals surface area contributed by atoms with Crippen LogP contribution >= 0.6 is 0 Å². The fraction of sp³-hybridized carbons (Fsp3) is 0.750. The Hall–Kier alpha value is -0.830. The summed E-state index contributed by atoms with van der Waals surface area (Å²) in [6.45, 7) is 7.73. The standard InChI is InChI=1S/C12H20N2O/c1-10-12(11(2)15-13-10)6-9-14-7-4-3-5-8-14/h3-9H2,1-2H3. The molecule has 0 aromatic carbocycles. The van der Waals surface area contributed by atoms with Crippen molar-refractivity contribution in [3.8, 4) is 0 Å². The monoisotopic (exact) mass is 208 g/mol. The molecule has 1 aromatic rings. The molecule has 1 aromatic heterocycles. The summed E-state index contributed by atoms with van der Waals surface area (Å²) in [6, 6.07) is 0. The lowest BCUT2D eigenvalue weighted by atomic mass is 10.1. The van der Waals surface area contributed by atoms with Crippen LogP contribution in [0, 0.1) is 13.8 Å². The highest BCUT2D eigenvalue weighted by molar-refractivity contribution is 5.20. The third-order valence-electron chi connectivity index (χ3n) is 3.31. The number of hydrogen-bond donors (Lipinski definition) is 0. The predicted octanol–water partition coefficient (Wildman–Crippen LogP) is 2.32. The summed E-state index contributed by atoms with van der Waals surface area (Å²) >= 11 is 0. The van der Waals surface area contributed by atoms with Gasteiger partial charge in [0.05, 0.1) is 5.69 Å². The summed E-state index contributed by atoms with van der Waals surface area (Å²) in [4.78, 5) is 2.55. The molecule has 0 unspecified atom stereocenters. The minimum absolute atomic E-state index is 0.990. The van der Waals surface area contributed by atoms with E-state index >= 15 is 0 Å². The van der Waals surface area contributed by atoms with Crippen molar-refractivity contribution in [3.05, 3.63) is 17.0 Å². The van der Waals surface area contributed by atoms with E-state index in [0.717, 1.165) is 24.4 Å². The van der Waals surface area contributed by atoms with Gasteiger partial charge in [0.15, 0.2) is 0 Å². The Morgan fingerprint density at radius 2 is 1.93 bits per heavy atom. The fourth-order valence-electron chi connectivity index (χ4n) is 2.31. The maximum absolute atomic E-state index is 5.17. The lowest BCUT2D eigenvalue weighted by Crippen LogP contribution is -2.31. The molecule has 0 spiro atoms. The van der Waals surface area contributed by atoms with E-state index in [9.17, 15) is 0 Å². The largest absolute Gasteiger partial charge is 0.361 e. The molecule has 2 heterocycles. The van der Waals surface area contributed by atoms with E-state index in [4.69, 9.17) is 4.52 Å². The second-order valence-corrected chi connectivity index (χ2v) is 4.46. The van der Waals surface area contributed by atoms with Gasteiger partial charge in [0.2, 0.25) is 0 Å². The zero-order valence-electron chi connectivity index (χ0n) is 9.75. The van der Waals surface area contributed by atoms with Gasteiger partial charge in [-0.1, -0.05) is 11.6 Å². The summed E-state index contributed by atoms with van der Waals surface area (Å²) in [7, 11) is 0. The fourth-order valence-corrected chi connectivity index (χ4v) is 2.31. The zero-order valence-corrected chi connectivity index (χ0v) is 9.75. The molecule has 0 bridgehead atoms. The van der Waals surface area contributed by atoms with Crippen LogP contribution in [0.25, 0.3) is 0 Å². The maximum Gasteiger partial charge on any atom is 0.137 e. The van der Waals surface area contributed by atoms with E-state index in [1.54, 1.807) is 0 Å². The molecule has 15 heavy (non-hydrogen) atoms. The summed E-state index contributed by atoms with van der Waals surface area (Å²) in [6.07, 6.45) is 5.21. The Kier molecular flexibility index (Phi) is 3.41. The third-order valence-corrected chi connectivity index (χ3v) is 3.31. The van der Waals surface area contributed by atoms with E-state index in [0.29, 0.717) is 0 Å². The van der Waals surface area contributed by atoms with Crippen LogP contribution in [0.3, 0.4) is 0 Å². The number of aryl methyl sites for hydroxylation is 2. The Bertz CT molecular complexity index is 294. The van der Waals surface area contributed by atoms with E-state index in [1.807, 2.05) is 13.8 Å². The first-order chi connectivity index (χ1) is 7.27. The molecule has 3 nitrogen and oxygen atoms in total. The molecule has 0 N–H and O–H groups in total. The number of nitrogens with zero attached hydrogens (tertiary/aromatic N) is 2. The van der Waals surface area contributed by atoms with Crippen LogP contribution in [0.5, 0.6) is 0 Å². The second kappa shape index (κ2) is 4.79. The van der Waals surface area contributed by atoms with Gasteiger partial charge >= 0.3 is 0 Å². The number of aromatic nitrogens is 1. The molecule has 84 valence electrons. The molecule has 0 amide bonds. The minimum atomic E-state index is 0.990. The molecule has 1 fully saturated rings. The molecule has 0 atom stereocenters. The van der Waals surface area contributed by atoms with Crippen molar-refractivity contribution in [2.45, 2.75) is 39.5 Å². The Balaban J connectivity index is 1.87. The first kappa shape index (κ1) is 10.7. The molecule has 0 aliphatic carbocycles. The summed E-state index contributed by atoms with van der Waals surface area (Å²) in [5.74, 6) is 0.990. The van der Waals surface area contributed by atoms with Gasteiger partial charge in [-0.15, -0.1) is 0 Å². The van der Waals surface area contributed by atoms with Crippen molar-refractivity contribution in [1.29, 1.82) is 0 Å². The van der Waals surface area contributed by atoms with Crippen LogP contribution < -0.4 is 0 Å². The predicted molar refractivity (Wildman–Crippen MR) is 60.0 cm³/mol. The van der Waals surface area contributed by atoms with Gasteiger partial charge in [0.25, 0.3) is 0 Å². The van der Waals surface area contributed by atoms with Crippen LogP contribution in [0.1, 0.15) is 36.3 Å². The Morgan fingerprint density at radius 3 is 2.53 bits per heavy atom. The van der Waals surface area contributed by atoms with E-state index in [1.165, 1.54) is 37.9 Å². The number of rotatable bonds is 3. The van der Waals surface area contributed by atoms with Crippen LogP contribution in [0.15, 0.2) is 4.52 Å². The highest BCUT2D eigenvalue weighted by Crippen LogP contribution is 2.15. The van der Waals surface area contributed by atoms with Crippen molar-refractivity contribution in [1.82, 2.24) is 10.1 Å². The lowest BCUT2D eigenvalue weighted by molar-refractivity contribution is 0.231. The topological polar surface area (TPSA) is 29.3 Å². The molecule has 0 saturated carbocycles. The third kappa shape index (κ3) is 2.59. The molecule has 1 saturated heterocycles. The van der Waals surface area contributed by atoms with Gasteiger partial charge in [-0.2, -0.15) is 0 Å². The van der Waals surface area contributed by atoms with Gasteiger partial charge in [-0.3, -0.25) is 0 Å². The number of likely N-dealkylation sites (tertiary alicyclic amines) is 1. The quantitative estimate of drug-likeness (QED) is 0.763. The highest BCUT2D eigenvalue weighted by Gasteiger charge is 2.13. The SMILES string of the molecule is Cc1noc(C)c1CCN1CCCCC1. The van der Waals surface area contributed by atoms with Gasteiger partial charge in [-0.25, -0.2) is 0 Å². The van der Waals surface area contributed by atoms with Crippen molar-refractivity contribution in [2.24, 2.45) is 0 Å². The second-order valence-electron chi connectivity index (χ2n) is 4.46. The smallest absolute Gasteiger partial charge is 0.137 e. The summed E-state index contributed by atoms with van der Waals surface area (Å²) in [5.41, 5.74) is 2.37. The summed E-state index contributed by atoms with van der Waals surface area (Å²) in [5, 5.41) is 3.99. The van der Waals surface area contributed by atoms with Crippen molar-refractivity contribution in [3.63, 3.8) is 0 Å².